The number of primary amides is 1. The van der Waals surface area contributed by atoms with Gasteiger partial charge < -0.3 is 20.5 Å². The van der Waals surface area contributed by atoms with E-state index >= 15 is 0 Å². The van der Waals surface area contributed by atoms with E-state index in [0.717, 1.165) is 5.56 Å². The fourth-order valence-corrected chi connectivity index (χ4v) is 2.59. The van der Waals surface area contributed by atoms with Gasteiger partial charge in [0, 0.05) is 6.54 Å². The van der Waals surface area contributed by atoms with Crippen LogP contribution >= 0.6 is 0 Å². The molecule has 0 unspecified atom stereocenters. The molecule has 7 heteroatoms. The Kier molecular flexibility index (Phi) is 8.21. The molecule has 29 heavy (non-hydrogen) atoms. The minimum Gasteiger partial charge on any atom is -0.481 e. The summed E-state index contributed by atoms with van der Waals surface area (Å²) >= 11 is 0. The minimum atomic E-state index is -0.719. The first-order valence-corrected chi connectivity index (χ1v) is 9.39. The molecule has 0 aromatic heterocycles. The molecule has 3 N–H and O–H groups in total. The van der Waals surface area contributed by atoms with E-state index in [-0.39, 0.29) is 11.3 Å². The van der Waals surface area contributed by atoms with Crippen LogP contribution in [0.4, 0.5) is 0 Å². The number of benzene rings is 2. The molecule has 0 aliphatic rings. The Morgan fingerprint density at radius 2 is 1.69 bits per heavy atom. The topological polar surface area (TPSA) is 108 Å². The highest BCUT2D eigenvalue weighted by Crippen LogP contribution is 2.17. The van der Waals surface area contributed by atoms with Crippen molar-refractivity contribution in [3.63, 3.8) is 0 Å². The predicted molar refractivity (Wildman–Crippen MR) is 109 cm³/mol. The molecule has 2 aromatic carbocycles. The highest BCUT2D eigenvalue weighted by Gasteiger charge is 2.12. The summed E-state index contributed by atoms with van der Waals surface area (Å²) in [6, 6.07) is 14.6. The van der Waals surface area contributed by atoms with Gasteiger partial charge in [0.15, 0.2) is 13.2 Å². The second-order valence-corrected chi connectivity index (χ2v) is 6.81. The average molecular weight is 398 g/mol. The second-order valence-electron chi connectivity index (χ2n) is 6.81. The van der Waals surface area contributed by atoms with Crippen LogP contribution in [0.5, 0.6) is 5.75 Å². The standard InChI is InChI=1S/C22H26N2O5/c1-15(2)17-9-7-16(8-10-17)11-12-24-20(25)13-29-21(26)14-28-19-6-4-3-5-18(19)22(23)27/h3-10,15H,11-14H2,1-2H3,(H2,23,27)(H,24,25). The Morgan fingerprint density at radius 3 is 2.34 bits per heavy atom. The van der Waals surface area contributed by atoms with Crippen molar-refractivity contribution >= 4 is 17.8 Å². The smallest absolute Gasteiger partial charge is 0.344 e. The van der Waals surface area contributed by atoms with Crippen molar-refractivity contribution in [2.75, 3.05) is 19.8 Å². The fraction of sp³-hybridized carbons (Fsp3) is 0.318. The second kappa shape index (κ2) is 10.8. The SMILES string of the molecule is CC(C)c1ccc(CCNC(=O)COC(=O)COc2ccccc2C(N)=O)cc1. The highest BCUT2D eigenvalue weighted by molar-refractivity contribution is 5.95. The normalized spacial score (nSPS) is 10.4. The van der Waals surface area contributed by atoms with Crippen LogP contribution in [-0.4, -0.2) is 37.5 Å². The first-order valence-electron chi connectivity index (χ1n) is 9.39. The lowest BCUT2D eigenvalue weighted by Gasteiger charge is -2.10. The quantitative estimate of drug-likeness (QED) is 0.597. The Labute approximate surface area is 170 Å². The maximum atomic E-state index is 11.8. The van der Waals surface area contributed by atoms with Crippen LogP contribution in [0.25, 0.3) is 0 Å². The Morgan fingerprint density at radius 1 is 1.00 bits per heavy atom. The Bertz CT molecular complexity index is 847. The van der Waals surface area contributed by atoms with Crippen LogP contribution in [0, 0.1) is 0 Å². The number of esters is 1. The molecule has 0 spiro atoms. The van der Waals surface area contributed by atoms with Crippen LogP contribution in [0.1, 0.15) is 41.3 Å². The number of carbonyl (C=O) groups excluding carboxylic acids is 3. The molecule has 2 aromatic rings. The van der Waals surface area contributed by atoms with Gasteiger partial charge in [-0.15, -0.1) is 0 Å². The van der Waals surface area contributed by atoms with Crippen molar-refractivity contribution in [2.45, 2.75) is 26.2 Å². The summed E-state index contributed by atoms with van der Waals surface area (Å²) in [6.45, 7) is 3.89. The molecule has 2 rings (SSSR count). The molecule has 0 saturated carbocycles. The zero-order valence-corrected chi connectivity index (χ0v) is 16.6. The van der Waals surface area contributed by atoms with E-state index in [4.69, 9.17) is 15.2 Å². The Balaban J connectivity index is 1.67. The number of hydrogen-bond donors (Lipinski definition) is 2. The van der Waals surface area contributed by atoms with Crippen LogP contribution in [-0.2, 0) is 20.7 Å². The third-order valence-electron chi connectivity index (χ3n) is 4.24. The van der Waals surface area contributed by atoms with E-state index in [9.17, 15) is 14.4 Å². The molecule has 154 valence electrons. The summed E-state index contributed by atoms with van der Waals surface area (Å²) in [5.74, 6) is -1.11. The third-order valence-corrected chi connectivity index (χ3v) is 4.24. The van der Waals surface area contributed by atoms with Crippen LogP contribution in [0.15, 0.2) is 48.5 Å². The van der Waals surface area contributed by atoms with E-state index < -0.39 is 31.0 Å². The lowest BCUT2D eigenvalue weighted by atomic mass is 10.0. The van der Waals surface area contributed by atoms with E-state index in [1.165, 1.54) is 17.7 Å². The van der Waals surface area contributed by atoms with Crippen molar-refractivity contribution in [1.82, 2.24) is 5.32 Å². The molecule has 0 heterocycles. The number of rotatable bonds is 10. The zero-order chi connectivity index (χ0) is 21.2. The van der Waals surface area contributed by atoms with E-state index in [1.807, 2.05) is 12.1 Å². The van der Waals surface area contributed by atoms with Gasteiger partial charge in [0.25, 0.3) is 11.8 Å². The van der Waals surface area contributed by atoms with Gasteiger partial charge in [0.2, 0.25) is 0 Å². The number of ether oxygens (including phenoxy) is 2. The summed E-state index contributed by atoms with van der Waals surface area (Å²) in [6.07, 6.45) is 0.686. The summed E-state index contributed by atoms with van der Waals surface area (Å²) in [7, 11) is 0. The lowest BCUT2D eigenvalue weighted by Crippen LogP contribution is -2.31. The van der Waals surface area contributed by atoms with Crippen molar-refractivity contribution < 1.29 is 23.9 Å². The van der Waals surface area contributed by atoms with Gasteiger partial charge in [-0.05, 0) is 35.6 Å². The molecule has 7 nitrogen and oxygen atoms in total. The number of nitrogens with two attached hydrogens (primary N) is 1. The van der Waals surface area contributed by atoms with E-state index in [1.54, 1.807) is 12.1 Å². The number of hydrogen-bond acceptors (Lipinski definition) is 5. The zero-order valence-electron chi connectivity index (χ0n) is 16.6. The first-order chi connectivity index (χ1) is 13.9. The van der Waals surface area contributed by atoms with Gasteiger partial charge in [0.05, 0.1) is 5.56 Å². The molecule has 0 atom stereocenters. The van der Waals surface area contributed by atoms with Crippen molar-refractivity contribution in [1.29, 1.82) is 0 Å². The average Bonchev–Trinajstić information content (AvgIpc) is 2.71. The van der Waals surface area contributed by atoms with Gasteiger partial charge in [-0.1, -0.05) is 50.2 Å². The molecule has 0 saturated heterocycles. The maximum Gasteiger partial charge on any atom is 0.344 e. The van der Waals surface area contributed by atoms with E-state index in [0.29, 0.717) is 18.9 Å². The summed E-state index contributed by atoms with van der Waals surface area (Å²) < 4.78 is 10.1. The third kappa shape index (κ3) is 7.29. The summed E-state index contributed by atoms with van der Waals surface area (Å²) in [5, 5.41) is 2.70. The number of para-hydroxylation sites is 1. The fourth-order valence-electron chi connectivity index (χ4n) is 2.59. The number of carbonyl (C=O) groups is 3. The molecule has 0 bridgehead atoms. The van der Waals surface area contributed by atoms with Gasteiger partial charge >= 0.3 is 5.97 Å². The summed E-state index contributed by atoms with van der Waals surface area (Å²) in [5.41, 5.74) is 7.79. The largest absolute Gasteiger partial charge is 0.481 e. The van der Waals surface area contributed by atoms with Crippen molar-refractivity contribution in [2.24, 2.45) is 5.73 Å². The minimum absolute atomic E-state index is 0.166. The first kappa shape index (κ1) is 21.9. The highest BCUT2D eigenvalue weighted by atomic mass is 16.6. The van der Waals surface area contributed by atoms with Gasteiger partial charge in [-0.3, -0.25) is 9.59 Å². The molecule has 0 aliphatic heterocycles. The van der Waals surface area contributed by atoms with Crippen molar-refractivity contribution in [3.05, 3.63) is 65.2 Å². The van der Waals surface area contributed by atoms with Crippen molar-refractivity contribution in [3.8, 4) is 5.75 Å². The number of amides is 2. The van der Waals surface area contributed by atoms with Gasteiger partial charge in [-0.2, -0.15) is 0 Å². The monoisotopic (exact) mass is 398 g/mol. The molecule has 0 fully saturated rings. The van der Waals surface area contributed by atoms with E-state index in [2.05, 4.69) is 31.3 Å². The molecule has 2 amide bonds. The van der Waals surface area contributed by atoms with Gasteiger partial charge in [-0.25, -0.2) is 4.79 Å². The van der Waals surface area contributed by atoms with Gasteiger partial charge in [0.1, 0.15) is 5.75 Å². The molecular weight excluding hydrogens is 372 g/mol. The van der Waals surface area contributed by atoms with Crippen LogP contribution in [0.3, 0.4) is 0 Å². The lowest BCUT2D eigenvalue weighted by molar-refractivity contribution is -0.150. The number of nitrogens with one attached hydrogen (secondary N) is 1. The maximum absolute atomic E-state index is 11.8. The predicted octanol–water partition coefficient (Wildman–Crippen LogP) is 2.19. The molecule has 0 radical (unpaired) electrons. The molecule has 0 aliphatic carbocycles. The van der Waals surface area contributed by atoms with Crippen LogP contribution in [0.2, 0.25) is 0 Å². The summed E-state index contributed by atoms with van der Waals surface area (Å²) in [4.78, 5) is 34.9. The van der Waals surface area contributed by atoms with Crippen LogP contribution < -0.4 is 15.8 Å². The Hall–Kier alpha value is -3.35. The molecular formula is C22H26N2O5.